The number of aliphatic carboxylic acids is 1. The average molecular weight is 279 g/mol. The number of carboxylic acid groups (broad SMARTS) is 1. The Labute approximate surface area is 118 Å². The molecule has 1 aliphatic rings. The molecule has 1 aromatic heterocycles. The standard InChI is InChI=1S/C15H21NO4/c1-4-15(14(18)19)5-7-16(8-6-15)13(17)12-9-10(2)20-11(12)3/h9H,4-8H2,1-3H3,(H,18,19). The lowest BCUT2D eigenvalue weighted by Crippen LogP contribution is -2.46. The second kappa shape index (κ2) is 5.31. The predicted octanol–water partition coefficient (Wildman–Crippen LogP) is 2.61. The second-order valence-corrected chi connectivity index (χ2v) is 5.56. The topological polar surface area (TPSA) is 70.8 Å². The van der Waals surface area contributed by atoms with Crippen molar-refractivity contribution in [2.75, 3.05) is 13.1 Å². The van der Waals surface area contributed by atoms with Crippen molar-refractivity contribution in [1.82, 2.24) is 4.90 Å². The van der Waals surface area contributed by atoms with Crippen molar-refractivity contribution in [2.24, 2.45) is 5.41 Å². The zero-order chi connectivity index (χ0) is 14.9. The van der Waals surface area contributed by atoms with E-state index in [0.29, 0.717) is 43.7 Å². The Morgan fingerprint density at radius 3 is 2.35 bits per heavy atom. The van der Waals surface area contributed by atoms with Crippen LogP contribution in [-0.2, 0) is 4.79 Å². The Morgan fingerprint density at radius 1 is 1.35 bits per heavy atom. The van der Waals surface area contributed by atoms with Gasteiger partial charge in [0, 0.05) is 13.1 Å². The number of nitrogens with zero attached hydrogens (tertiary/aromatic N) is 1. The van der Waals surface area contributed by atoms with Crippen molar-refractivity contribution >= 4 is 11.9 Å². The molecule has 110 valence electrons. The van der Waals surface area contributed by atoms with Gasteiger partial charge in [-0.05, 0) is 39.2 Å². The summed E-state index contributed by atoms with van der Waals surface area (Å²) in [5, 5.41) is 9.36. The van der Waals surface area contributed by atoms with Crippen molar-refractivity contribution in [3.8, 4) is 0 Å². The Bertz CT molecular complexity index is 524. The van der Waals surface area contributed by atoms with Crippen LogP contribution in [0.2, 0.25) is 0 Å². The zero-order valence-electron chi connectivity index (χ0n) is 12.2. The second-order valence-electron chi connectivity index (χ2n) is 5.56. The van der Waals surface area contributed by atoms with Crippen molar-refractivity contribution in [3.05, 3.63) is 23.2 Å². The number of piperidine rings is 1. The summed E-state index contributed by atoms with van der Waals surface area (Å²) in [7, 11) is 0. The third kappa shape index (κ3) is 2.44. The first-order chi connectivity index (χ1) is 9.39. The summed E-state index contributed by atoms with van der Waals surface area (Å²) in [5.74, 6) is 0.534. The maximum Gasteiger partial charge on any atom is 0.309 e. The molecule has 0 aromatic carbocycles. The highest BCUT2D eigenvalue weighted by Gasteiger charge is 2.41. The quantitative estimate of drug-likeness (QED) is 0.923. The molecule has 1 amide bonds. The molecule has 0 saturated carbocycles. The van der Waals surface area contributed by atoms with Crippen LogP contribution in [0.1, 0.15) is 48.1 Å². The number of amides is 1. The minimum Gasteiger partial charge on any atom is -0.481 e. The molecule has 5 heteroatoms. The van der Waals surface area contributed by atoms with Gasteiger partial charge in [-0.15, -0.1) is 0 Å². The molecule has 2 rings (SSSR count). The van der Waals surface area contributed by atoms with Gasteiger partial charge in [-0.3, -0.25) is 9.59 Å². The highest BCUT2D eigenvalue weighted by molar-refractivity contribution is 5.95. The molecule has 0 atom stereocenters. The zero-order valence-corrected chi connectivity index (χ0v) is 12.2. The molecule has 1 aromatic rings. The Morgan fingerprint density at radius 2 is 1.95 bits per heavy atom. The van der Waals surface area contributed by atoms with E-state index in [-0.39, 0.29) is 5.91 Å². The smallest absolute Gasteiger partial charge is 0.309 e. The van der Waals surface area contributed by atoms with Crippen LogP contribution in [0.5, 0.6) is 0 Å². The maximum absolute atomic E-state index is 12.4. The van der Waals surface area contributed by atoms with Crippen molar-refractivity contribution < 1.29 is 19.1 Å². The maximum atomic E-state index is 12.4. The number of carboxylic acids is 1. The lowest BCUT2D eigenvalue weighted by Gasteiger charge is -2.38. The molecule has 1 aliphatic heterocycles. The van der Waals surface area contributed by atoms with Crippen LogP contribution < -0.4 is 0 Å². The summed E-state index contributed by atoms with van der Waals surface area (Å²) < 4.78 is 5.39. The molecule has 20 heavy (non-hydrogen) atoms. The average Bonchev–Trinajstić information content (AvgIpc) is 2.76. The van der Waals surface area contributed by atoms with Gasteiger partial charge < -0.3 is 14.4 Å². The SMILES string of the molecule is CCC1(C(=O)O)CCN(C(=O)c2cc(C)oc2C)CC1. The lowest BCUT2D eigenvalue weighted by atomic mass is 9.76. The van der Waals surface area contributed by atoms with Crippen LogP contribution in [0.15, 0.2) is 10.5 Å². The molecule has 1 saturated heterocycles. The molecule has 0 bridgehead atoms. The number of aryl methyl sites for hydroxylation is 2. The van der Waals surface area contributed by atoms with Crippen LogP contribution in [0, 0.1) is 19.3 Å². The fourth-order valence-electron chi connectivity index (χ4n) is 2.87. The highest BCUT2D eigenvalue weighted by atomic mass is 16.4. The van der Waals surface area contributed by atoms with E-state index in [0.717, 1.165) is 5.76 Å². The van der Waals surface area contributed by atoms with Crippen LogP contribution in [0.25, 0.3) is 0 Å². The molecular formula is C15H21NO4. The molecule has 0 unspecified atom stereocenters. The summed E-state index contributed by atoms with van der Waals surface area (Å²) >= 11 is 0. The van der Waals surface area contributed by atoms with Crippen LogP contribution in [-0.4, -0.2) is 35.0 Å². The third-order valence-corrected chi connectivity index (χ3v) is 4.41. The monoisotopic (exact) mass is 279 g/mol. The number of hydrogen-bond acceptors (Lipinski definition) is 3. The first-order valence-electron chi connectivity index (χ1n) is 6.99. The molecule has 0 spiro atoms. The molecule has 0 aliphatic carbocycles. The van der Waals surface area contributed by atoms with Crippen molar-refractivity contribution in [2.45, 2.75) is 40.0 Å². The Kier molecular flexibility index (Phi) is 3.88. The number of furan rings is 1. The lowest BCUT2D eigenvalue weighted by molar-refractivity contribution is -0.152. The van der Waals surface area contributed by atoms with E-state index in [1.54, 1.807) is 17.9 Å². The highest BCUT2D eigenvalue weighted by Crippen LogP contribution is 2.35. The van der Waals surface area contributed by atoms with E-state index < -0.39 is 11.4 Å². The summed E-state index contributed by atoms with van der Waals surface area (Å²) in [6.45, 7) is 6.46. The number of hydrogen-bond donors (Lipinski definition) is 1. The van der Waals surface area contributed by atoms with E-state index in [9.17, 15) is 14.7 Å². The first kappa shape index (κ1) is 14.6. The largest absolute Gasteiger partial charge is 0.481 e. The van der Waals surface area contributed by atoms with E-state index in [1.165, 1.54) is 0 Å². The van der Waals surface area contributed by atoms with Crippen LogP contribution in [0.4, 0.5) is 0 Å². The van der Waals surface area contributed by atoms with Gasteiger partial charge in [0.2, 0.25) is 0 Å². The molecule has 2 heterocycles. The molecule has 1 N–H and O–H groups in total. The molecule has 0 radical (unpaired) electrons. The van der Waals surface area contributed by atoms with Gasteiger partial charge in [-0.2, -0.15) is 0 Å². The van der Waals surface area contributed by atoms with Gasteiger partial charge in [-0.1, -0.05) is 6.92 Å². The minimum atomic E-state index is -0.748. The Hall–Kier alpha value is -1.78. The van der Waals surface area contributed by atoms with Gasteiger partial charge in [-0.25, -0.2) is 0 Å². The number of carbonyl (C=O) groups excluding carboxylic acids is 1. The number of likely N-dealkylation sites (tertiary alicyclic amines) is 1. The molecule has 5 nitrogen and oxygen atoms in total. The van der Waals surface area contributed by atoms with Crippen LogP contribution in [0.3, 0.4) is 0 Å². The van der Waals surface area contributed by atoms with Gasteiger partial charge in [0.05, 0.1) is 11.0 Å². The summed E-state index contributed by atoms with van der Waals surface area (Å²) in [6, 6.07) is 1.75. The predicted molar refractivity (Wildman–Crippen MR) is 73.7 cm³/mol. The first-order valence-corrected chi connectivity index (χ1v) is 6.99. The van der Waals surface area contributed by atoms with E-state index in [1.807, 2.05) is 13.8 Å². The van der Waals surface area contributed by atoms with Gasteiger partial charge in [0.25, 0.3) is 5.91 Å². The fourth-order valence-corrected chi connectivity index (χ4v) is 2.87. The summed E-state index contributed by atoms with van der Waals surface area (Å²) in [6.07, 6.45) is 1.63. The van der Waals surface area contributed by atoms with Crippen molar-refractivity contribution in [3.63, 3.8) is 0 Å². The number of rotatable bonds is 3. The van der Waals surface area contributed by atoms with E-state index in [4.69, 9.17) is 4.42 Å². The van der Waals surface area contributed by atoms with Crippen molar-refractivity contribution in [1.29, 1.82) is 0 Å². The minimum absolute atomic E-state index is 0.0607. The molecule has 1 fully saturated rings. The van der Waals surface area contributed by atoms with Gasteiger partial charge in [0.15, 0.2) is 0 Å². The van der Waals surface area contributed by atoms with E-state index >= 15 is 0 Å². The Balaban J connectivity index is 2.09. The fraction of sp³-hybridized carbons (Fsp3) is 0.600. The van der Waals surface area contributed by atoms with Gasteiger partial charge >= 0.3 is 5.97 Å². The molecular weight excluding hydrogens is 258 g/mol. The third-order valence-electron chi connectivity index (χ3n) is 4.41. The van der Waals surface area contributed by atoms with E-state index in [2.05, 4.69) is 0 Å². The summed E-state index contributed by atoms with van der Waals surface area (Å²) in [5.41, 5.74) is -0.0835. The number of carbonyl (C=O) groups is 2. The van der Waals surface area contributed by atoms with Gasteiger partial charge in [0.1, 0.15) is 11.5 Å². The summed E-state index contributed by atoms with van der Waals surface area (Å²) in [4.78, 5) is 25.5. The van der Waals surface area contributed by atoms with Crippen LogP contribution >= 0.6 is 0 Å². The normalized spacial score (nSPS) is 18.1.